The predicted octanol–water partition coefficient (Wildman–Crippen LogP) is 4.26. The van der Waals surface area contributed by atoms with Crippen molar-refractivity contribution in [1.82, 2.24) is 14.5 Å². The molecule has 2 heterocycles. The second-order valence-electron chi connectivity index (χ2n) is 7.42. The number of nitrogens with zero attached hydrogens (tertiary/aromatic N) is 2. The SMILES string of the molecule is O=C(c1ccc(I)cc1)C1CCN(CCn2c(=S)[nH]c3ccccc3c2=O)CC1. The summed E-state index contributed by atoms with van der Waals surface area (Å²) >= 11 is 7.64. The Labute approximate surface area is 187 Å². The number of aromatic amines is 1. The number of Topliss-reactive ketones (excluding diaryl/α,β-unsaturated/α-hetero) is 1. The summed E-state index contributed by atoms with van der Waals surface area (Å²) in [6, 6.07) is 15.2. The number of fused-ring (bicyclic) bond motifs is 1. The zero-order chi connectivity index (χ0) is 20.4. The Hall–Kier alpha value is -1.84. The van der Waals surface area contributed by atoms with Crippen molar-refractivity contribution in [3.63, 3.8) is 0 Å². The number of rotatable bonds is 5. The van der Waals surface area contributed by atoms with Gasteiger partial charge in [-0.25, -0.2) is 0 Å². The topological polar surface area (TPSA) is 58.1 Å². The number of piperidine rings is 1. The number of nitrogens with one attached hydrogen (secondary N) is 1. The van der Waals surface area contributed by atoms with E-state index in [1.165, 1.54) is 0 Å². The van der Waals surface area contributed by atoms with Crippen molar-refractivity contribution < 1.29 is 4.79 Å². The lowest BCUT2D eigenvalue weighted by atomic mass is 9.89. The fourth-order valence-electron chi connectivity index (χ4n) is 3.91. The molecule has 1 aliphatic heterocycles. The number of carbonyl (C=O) groups is 1. The van der Waals surface area contributed by atoms with Crippen LogP contribution in [0.3, 0.4) is 0 Å². The number of likely N-dealkylation sites (tertiary alicyclic amines) is 1. The van der Waals surface area contributed by atoms with E-state index in [0.29, 0.717) is 16.7 Å². The summed E-state index contributed by atoms with van der Waals surface area (Å²) in [4.78, 5) is 30.9. The van der Waals surface area contributed by atoms with Gasteiger partial charge in [-0.2, -0.15) is 0 Å². The minimum atomic E-state index is -0.0480. The average Bonchev–Trinajstić information content (AvgIpc) is 2.74. The van der Waals surface area contributed by atoms with Crippen LogP contribution in [0.5, 0.6) is 0 Å². The van der Waals surface area contributed by atoms with E-state index in [4.69, 9.17) is 12.2 Å². The molecule has 0 spiro atoms. The van der Waals surface area contributed by atoms with Crippen LogP contribution in [-0.4, -0.2) is 39.9 Å². The third kappa shape index (κ3) is 4.51. The third-order valence-electron chi connectivity index (χ3n) is 5.62. The van der Waals surface area contributed by atoms with E-state index < -0.39 is 0 Å². The molecule has 4 rings (SSSR count). The largest absolute Gasteiger partial charge is 0.332 e. The second-order valence-corrected chi connectivity index (χ2v) is 9.05. The van der Waals surface area contributed by atoms with Gasteiger partial charge in [-0.1, -0.05) is 24.3 Å². The van der Waals surface area contributed by atoms with Crippen LogP contribution < -0.4 is 5.56 Å². The molecular weight excluding hydrogens is 497 g/mol. The summed E-state index contributed by atoms with van der Waals surface area (Å²) in [7, 11) is 0. The van der Waals surface area contributed by atoms with Gasteiger partial charge < -0.3 is 9.88 Å². The molecule has 29 heavy (non-hydrogen) atoms. The van der Waals surface area contributed by atoms with E-state index in [2.05, 4.69) is 32.5 Å². The highest BCUT2D eigenvalue weighted by atomic mass is 127. The molecule has 0 amide bonds. The van der Waals surface area contributed by atoms with Gasteiger partial charge in [-0.05, 0) is 85.0 Å². The molecule has 2 aromatic carbocycles. The molecule has 0 aliphatic carbocycles. The Morgan fingerprint density at radius 2 is 1.76 bits per heavy atom. The van der Waals surface area contributed by atoms with Crippen LogP contribution >= 0.6 is 34.8 Å². The number of benzene rings is 2. The maximum atomic E-state index is 12.8. The first-order valence-electron chi connectivity index (χ1n) is 9.77. The Morgan fingerprint density at radius 3 is 2.48 bits per heavy atom. The fraction of sp³-hybridized carbons (Fsp3) is 0.318. The van der Waals surface area contributed by atoms with Crippen LogP contribution in [0.25, 0.3) is 10.9 Å². The van der Waals surface area contributed by atoms with Crippen molar-refractivity contribution in [2.45, 2.75) is 19.4 Å². The highest BCUT2D eigenvalue weighted by Gasteiger charge is 2.25. The Kier molecular flexibility index (Phi) is 6.26. The molecule has 0 radical (unpaired) electrons. The summed E-state index contributed by atoms with van der Waals surface area (Å²) in [6.45, 7) is 3.02. The van der Waals surface area contributed by atoms with Crippen LogP contribution in [0.1, 0.15) is 23.2 Å². The fourth-order valence-corrected chi connectivity index (χ4v) is 4.56. The maximum absolute atomic E-state index is 12.8. The van der Waals surface area contributed by atoms with Crippen molar-refractivity contribution >= 4 is 51.5 Å². The predicted molar refractivity (Wildman–Crippen MR) is 126 cm³/mol. The summed E-state index contributed by atoms with van der Waals surface area (Å²) in [6.07, 6.45) is 1.70. The molecule has 1 aromatic heterocycles. The molecule has 1 fully saturated rings. The first-order chi connectivity index (χ1) is 14.0. The minimum absolute atomic E-state index is 0.0480. The molecule has 150 valence electrons. The number of halogens is 1. The third-order valence-corrected chi connectivity index (χ3v) is 6.66. The number of aromatic nitrogens is 2. The van der Waals surface area contributed by atoms with Crippen molar-refractivity contribution in [2.24, 2.45) is 5.92 Å². The first-order valence-corrected chi connectivity index (χ1v) is 11.3. The zero-order valence-electron chi connectivity index (χ0n) is 15.9. The molecule has 0 saturated carbocycles. The van der Waals surface area contributed by atoms with Crippen LogP contribution in [0, 0.1) is 14.3 Å². The Morgan fingerprint density at radius 1 is 1.07 bits per heavy atom. The average molecular weight is 519 g/mol. The number of H-pyrrole nitrogens is 1. The van der Waals surface area contributed by atoms with Crippen LogP contribution in [0.2, 0.25) is 0 Å². The van der Waals surface area contributed by atoms with Gasteiger partial charge in [0, 0.05) is 28.1 Å². The van der Waals surface area contributed by atoms with E-state index >= 15 is 0 Å². The number of hydrogen-bond donors (Lipinski definition) is 1. The van der Waals surface area contributed by atoms with E-state index in [0.717, 1.165) is 47.1 Å². The standard InChI is InChI=1S/C22H22IN3O2S/c23-17-7-5-15(6-8-17)20(27)16-9-11-25(12-10-16)13-14-26-21(28)18-3-1-2-4-19(18)24-22(26)29/h1-8,16H,9-14H2,(H,24,29). The molecule has 7 heteroatoms. The van der Waals surface area contributed by atoms with Crippen molar-refractivity contribution in [2.75, 3.05) is 19.6 Å². The van der Waals surface area contributed by atoms with Crippen LogP contribution in [0.4, 0.5) is 0 Å². The van der Waals surface area contributed by atoms with Crippen LogP contribution in [0.15, 0.2) is 53.3 Å². The van der Waals surface area contributed by atoms with Crippen molar-refractivity contribution in [1.29, 1.82) is 0 Å². The highest BCUT2D eigenvalue weighted by molar-refractivity contribution is 14.1. The van der Waals surface area contributed by atoms with Gasteiger partial charge in [0.1, 0.15) is 0 Å². The molecule has 3 aromatic rings. The van der Waals surface area contributed by atoms with E-state index in [1.807, 2.05) is 48.5 Å². The van der Waals surface area contributed by atoms with Gasteiger partial charge in [0.05, 0.1) is 10.9 Å². The Balaban J connectivity index is 1.38. The Bertz CT molecular complexity index is 1150. The van der Waals surface area contributed by atoms with Gasteiger partial charge >= 0.3 is 0 Å². The summed E-state index contributed by atoms with van der Waals surface area (Å²) in [5.41, 5.74) is 1.53. The van der Waals surface area contributed by atoms with Gasteiger partial charge in [0.25, 0.3) is 5.56 Å². The quantitative estimate of drug-likeness (QED) is 0.311. The number of ketones is 1. The summed E-state index contributed by atoms with van der Waals surface area (Å²) in [5, 5.41) is 0.655. The van der Waals surface area contributed by atoms with Crippen molar-refractivity contribution in [3.8, 4) is 0 Å². The van der Waals surface area contributed by atoms with Crippen molar-refractivity contribution in [3.05, 3.63) is 72.8 Å². The van der Waals surface area contributed by atoms with E-state index in [-0.39, 0.29) is 17.3 Å². The number of hydrogen-bond acceptors (Lipinski definition) is 4. The second kappa shape index (κ2) is 8.89. The molecule has 0 bridgehead atoms. The number of carbonyl (C=O) groups excluding carboxylic acids is 1. The maximum Gasteiger partial charge on any atom is 0.262 e. The van der Waals surface area contributed by atoms with Gasteiger partial charge in [0.15, 0.2) is 10.6 Å². The molecule has 1 N–H and O–H groups in total. The monoisotopic (exact) mass is 519 g/mol. The lowest BCUT2D eigenvalue weighted by molar-refractivity contribution is 0.0837. The molecule has 1 saturated heterocycles. The highest BCUT2D eigenvalue weighted by Crippen LogP contribution is 2.22. The van der Waals surface area contributed by atoms with Gasteiger partial charge in [-0.3, -0.25) is 14.2 Å². The van der Waals surface area contributed by atoms with E-state index in [1.54, 1.807) is 4.57 Å². The van der Waals surface area contributed by atoms with Gasteiger partial charge in [-0.15, -0.1) is 0 Å². The molecule has 5 nitrogen and oxygen atoms in total. The minimum Gasteiger partial charge on any atom is -0.332 e. The normalized spacial score (nSPS) is 15.6. The lowest BCUT2D eigenvalue weighted by Crippen LogP contribution is -2.39. The molecule has 0 unspecified atom stereocenters. The van der Waals surface area contributed by atoms with E-state index in [9.17, 15) is 9.59 Å². The molecular formula is C22H22IN3O2S. The smallest absolute Gasteiger partial charge is 0.262 e. The number of para-hydroxylation sites is 1. The van der Waals surface area contributed by atoms with Crippen LogP contribution in [-0.2, 0) is 6.54 Å². The van der Waals surface area contributed by atoms with Gasteiger partial charge in [0.2, 0.25) is 0 Å². The first kappa shape index (κ1) is 20.4. The molecule has 0 atom stereocenters. The summed E-state index contributed by atoms with van der Waals surface area (Å²) < 4.78 is 3.23. The summed E-state index contributed by atoms with van der Waals surface area (Å²) in [5.74, 6) is 0.326. The molecule has 1 aliphatic rings. The lowest BCUT2D eigenvalue weighted by Gasteiger charge is -2.31. The zero-order valence-corrected chi connectivity index (χ0v) is 18.9.